The second kappa shape index (κ2) is 8.82. The molecule has 2 N–H and O–H groups in total. The van der Waals surface area contributed by atoms with E-state index in [2.05, 4.69) is 104 Å². The molecule has 4 heteroatoms. The quantitative estimate of drug-likeness (QED) is 0.272. The zero-order valence-corrected chi connectivity index (χ0v) is 20.6. The Morgan fingerprint density at radius 2 is 1.14 bits per heavy atom. The molecule has 0 spiro atoms. The first kappa shape index (κ1) is 22.5. The van der Waals surface area contributed by atoms with E-state index in [1.54, 1.807) is 0 Å². The summed E-state index contributed by atoms with van der Waals surface area (Å²) in [5.74, 6) is -0.189. The van der Waals surface area contributed by atoms with Crippen LogP contribution < -0.4 is 0 Å². The van der Waals surface area contributed by atoms with Gasteiger partial charge in [-0.1, -0.05) is 62.4 Å². The van der Waals surface area contributed by atoms with Crippen molar-refractivity contribution < 1.29 is 0 Å². The molecule has 2 heterocycles. The van der Waals surface area contributed by atoms with Crippen molar-refractivity contribution in [3.63, 3.8) is 0 Å². The molecule has 2 aromatic heterocycles. The molecule has 0 aliphatic rings. The van der Waals surface area contributed by atoms with Crippen LogP contribution in [0.3, 0.4) is 0 Å². The number of nitriles is 2. The summed E-state index contributed by atoms with van der Waals surface area (Å²) in [6.07, 6.45) is 1.56. The van der Waals surface area contributed by atoms with Crippen molar-refractivity contribution in [2.45, 2.75) is 46.5 Å². The number of aromatic nitrogens is 2. The fourth-order valence-corrected chi connectivity index (χ4v) is 5.75. The first-order chi connectivity index (χ1) is 17.0. The molecule has 0 fully saturated rings. The zero-order chi connectivity index (χ0) is 24.7. The lowest BCUT2D eigenvalue weighted by Crippen LogP contribution is -2.09. The van der Waals surface area contributed by atoms with Crippen LogP contribution in [0.25, 0.3) is 21.5 Å². The molecule has 0 saturated carbocycles. The van der Waals surface area contributed by atoms with Gasteiger partial charge in [0.2, 0.25) is 0 Å². The summed E-state index contributed by atoms with van der Waals surface area (Å²) in [5, 5.41) is 24.5. The highest BCUT2D eigenvalue weighted by Gasteiger charge is 2.30. The molecule has 5 rings (SSSR count). The molecule has 0 bridgehead atoms. The number of fused-ring (bicyclic) bond motifs is 2. The highest BCUT2D eigenvalue weighted by molar-refractivity contribution is 6.03. The molecule has 35 heavy (non-hydrogen) atoms. The van der Waals surface area contributed by atoms with Gasteiger partial charge in [0.25, 0.3) is 0 Å². The van der Waals surface area contributed by atoms with E-state index < -0.39 is 0 Å². The molecule has 172 valence electrons. The van der Waals surface area contributed by atoms with Crippen LogP contribution in [-0.2, 0) is 12.8 Å². The Morgan fingerprint density at radius 1 is 0.714 bits per heavy atom. The van der Waals surface area contributed by atoms with Gasteiger partial charge in [0.1, 0.15) is 23.5 Å². The van der Waals surface area contributed by atoms with Gasteiger partial charge in [-0.3, -0.25) is 0 Å². The van der Waals surface area contributed by atoms with Crippen LogP contribution in [0.1, 0.15) is 70.4 Å². The zero-order valence-electron chi connectivity index (χ0n) is 20.6. The van der Waals surface area contributed by atoms with E-state index >= 15 is 0 Å². The number of benzene rings is 3. The lowest BCUT2D eigenvalue weighted by Gasteiger charge is -2.23. The molecule has 5 aromatic rings. The molecule has 0 unspecified atom stereocenters. The Hall–Kier alpha value is -4.28. The Bertz CT molecular complexity index is 1550. The minimum atomic E-state index is -0.189. The predicted molar refractivity (Wildman–Crippen MR) is 142 cm³/mol. The van der Waals surface area contributed by atoms with Gasteiger partial charge in [0, 0.05) is 11.4 Å². The Labute approximate surface area is 205 Å². The lowest BCUT2D eigenvalue weighted by molar-refractivity contribution is 0.888. The molecule has 0 radical (unpaired) electrons. The molecule has 0 amide bonds. The van der Waals surface area contributed by atoms with E-state index in [0.717, 1.165) is 46.5 Å². The summed E-state index contributed by atoms with van der Waals surface area (Å²) in [5.41, 5.74) is 8.77. The third-order valence-corrected chi connectivity index (χ3v) is 7.45. The van der Waals surface area contributed by atoms with E-state index in [-0.39, 0.29) is 5.92 Å². The lowest BCUT2D eigenvalue weighted by atomic mass is 9.82. The molecule has 0 aliphatic carbocycles. The number of hydrogen-bond donors (Lipinski definition) is 2. The molecular weight excluding hydrogens is 428 g/mol. The Morgan fingerprint density at radius 3 is 1.51 bits per heavy atom. The molecule has 4 nitrogen and oxygen atoms in total. The normalized spacial score (nSPS) is 11.3. The van der Waals surface area contributed by atoms with Crippen LogP contribution in [0, 0.1) is 36.5 Å². The summed E-state index contributed by atoms with van der Waals surface area (Å²) in [4.78, 5) is 7.01. The first-order valence-corrected chi connectivity index (χ1v) is 12.2. The number of nitrogens with zero attached hydrogens (tertiary/aromatic N) is 2. The van der Waals surface area contributed by atoms with Crippen molar-refractivity contribution in [2.75, 3.05) is 0 Å². The van der Waals surface area contributed by atoms with Crippen LogP contribution in [0.2, 0.25) is 0 Å². The van der Waals surface area contributed by atoms with Gasteiger partial charge in [-0.05, 0) is 82.1 Å². The maximum Gasteiger partial charge on any atom is 0.121 e. The van der Waals surface area contributed by atoms with Gasteiger partial charge in [0.15, 0.2) is 0 Å². The molecule has 0 saturated heterocycles. The van der Waals surface area contributed by atoms with E-state index in [4.69, 9.17) is 0 Å². The molecular formula is C31H28N4. The SMILES string of the molecule is CCc1c(C#N)[nH]c(C(c2[nH]c(C#N)c(CC)c2C)c2c3ccccc3cc3ccccc23)c1C. The second-order valence-corrected chi connectivity index (χ2v) is 9.13. The van der Waals surface area contributed by atoms with Gasteiger partial charge in [-0.15, -0.1) is 0 Å². The van der Waals surface area contributed by atoms with Crippen molar-refractivity contribution in [3.05, 3.63) is 105 Å². The van der Waals surface area contributed by atoms with Crippen LogP contribution in [0.5, 0.6) is 0 Å². The average Bonchev–Trinajstić information content (AvgIpc) is 3.39. The minimum Gasteiger partial charge on any atom is -0.349 e. The average molecular weight is 457 g/mol. The number of rotatable bonds is 5. The number of hydrogen-bond acceptors (Lipinski definition) is 2. The molecule has 0 atom stereocenters. The van der Waals surface area contributed by atoms with Crippen LogP contribution >= 0.6 is 0 Å². The summed E-state index contributed by atoms with van der Waals surface area (Å²) in [7, 11) is 0. The topological polar surface area (TPSA) is 79.2 Å². The summed E-state index contributed by atoms with van der Waals surface area (Å²) < 4.78 is 0. The van der Waals surface area contributed by atoms with Gasteiger partial charge in [-0.2, -0.15) is 10.5 Å². The maximum absolute atomic E-state index is 9.90. The van der Waals surface area contributed by atoms with Crippen LogP contribution in [0.4, 0.5) is 0 Å². The van der Waals surface area contributed by atoms with Crippen molar-refractivity contribution in [1.29, 1.82) is 10.5 Å². The fraction of sp³-hybridized carbons (Fsp3) is 0.226. The maximum atomic E-state index is 9.90. The Balaban J connectivity index is 1.97. The van der Waals surface area contributed by atoms with Gasteiger partial charge in [0.05, 0.1) is 5.92 Å². The van der Waals surface area contributed by atoms with Crippen LogP contribution in [0.15, 0.2) is 54.6 Å². The number of H-pyrrole nitrogens is 2. The van der Waals surface area contributed by atoms with E-state index in [9.17, 15) is 10.5 Å². The summed E-state index contributed by atoms with van der Waals surface area (Å²) in [6.45, 7) is 8.39. The van der Waals surface area contributed by atoms with Crippen molar-refractivity contribution in [1.82, 2.24) is 9.97 Å². The van der Waals surface area contributed by atoms with E-state index in [1.165, 1.54) is 27.1 Å². The van der Waals surface area contributed by atoms with Crippen molar-refractivity contribution >= 4 is 21.5 Å². The standard InChI is InChI=1S/C31H28N4/c1-5-22-18(3)30(34-26(22)16-32)29(31-19(4)23(6-2)27(17-33)35-31)28-24-13-9-7-11-20(24)15-21-12-8-10-14-25(21)28/h7-15,29,34-35H,5-6H2,1-4H3. The Kier molecular flexibility index (Phi) is 5.67. The smallest absolute Gasteiger partial charge is 0.121 e. The van der Waals surface area contributed by atoms with Crippen LogP contribution in [-0.4, -0.2) is 9.97 Å². The highest BCUT2D eigenvalue weighted by atomic mass is 14.8. The van der Waals surface area contributed by atoms with Crippen molar-refractivity contribution in [2.24, 2.45) is 0 Å². The highest BCUT2D eigenvalue weighted by Crippen LogP contribution is 2.44. The fourth-order valence-electron chi connectivity index (χ4n) is 5.75. The minimum absolute atomic E-state index is 0.189. The number of nitrogens with one attached hydrogen (secondary N) is 2. The predicted octanol–water partition coefficient (Wildman–Crippen LogP) is 7.31. The van der Waals surface area contributed by atoms with E-state index in [0.29, 0.717) is 11.4 Å². The van der Waals surface area contributed by atoms with Gasteiger partial charge in [-0.25, -0.2) is 0 Å². The third kappa shape index (κ3) is 3.42. The number of aromatic amines is 2. The summed E-state index contributed by atoms with van der Waals surface area (Å²) in [6, 6.07) is 24.0. The molecule has 3 aromatic carbocycles. The van der Waals surface area contributed by atoms with Gasteiger partial charge < -0.3 is 9.97 Å². The van der Waals surface area contributed by atoms with Gasteiger partial charge >= 0.3 is 0 Å². The second-order valence-electron chi connectivity index (χ2n) is 9.13. The molecule has 0 aliphatic heterocycles. The largest absolute Gasteiger partial charge is 0.349 e. The summed E-state index contributed by atoms with van der Waals surface area (Å²) >= 11 is 0. The van der Waals surface area contributed by atoms with E-state index in [1.807, 2.05) is 0 Å². The van der Waals surface area contributed by atoms with Crippen molar-refractivity contribution in [3.8, 4) is 12.1 Å². The monoisotopic (exact) mass is 456 g/mol. The first-order valence-electron chi connectivity index (χ1n) is 12.2. The third-order valence-electron chi connectivity index (χ3n) is 7.45.